The number of aryl methyl sites for hydroxylation is 1. The van der Waals surface area contributed by atoms with Gasteiger partial charge in [-0.2, -0.15) is 0 Å². The summed E-state index contributed by atoms with van der Waals surface area (Å²) in [6.07, 6.45) is 0. The van der Waals surface area contributed by atoms with Crippen LogP contribution in [-0.4, -0.2) is 22.2 Å². The van der Waals surface area contributed by atoms with E-state index in [2.05, 4.69) is 5.32 Å². The van der Waals surface area contributed by atoms with E-state index in [1.807, 2.05) is 30.3 Å². The zero-order valence-electron chi connectivity index (χ0n) is 12.0. The highest BCUT2D eigenvalue weighted by Gasteiger charge is 2.27. The smallest absolute Gasteiger partial charge is 0.307 e. The highest BCUT2D eigenvalue weighted by Crippen LogP contribution is 2.19. The van der Waals surface area contributed by atoms with Crippen molar-refractivity contribution in [1.29, 1.82) is 0 Å². The summed E-state index contributed by atoms with van der Waals surface area (Å²) >= 11 is 1.07. The van der Waals surface area contributed by atoms with Gasteiger partial charge in [-0.1, -0.05) is 41.7 Å². The summed E-state index contributed by atoms with van der Waals surface area (Å²) in [5.41, 5.74) is 0.701. The molecule has 0 spiro atoms. The Morgan fingerprint density at radius 3 is 2.57 bits per heavy atom. The van der Waals surface area contributed by atoms with Gasteiger partial charge in [-0.3, -0.25) is 14.2 Å². The topological polar surface area (TPSA) is 71.3 Å². The molecule has 1 aromatic heterocycles. The van der Waals surface area contributed by atoms with Gasteiger partial charge in [0.2, 0.25) is 5.91 Å². The summed E-state index contributed by atoms with van der Waals surface area (Å²) in [5.74, 6) is -0.306. The number of amides is 1. The van der Waals surface area contributed by atoms with E-state index in [1.54, 1.807) is 19.2 Å². The van der Waals surface area contributed by atoms with Crippen molar-refractivity contribution in [3.8, 4) is 0 Å². The maximum atomic E-state index is 12.2. The Balaban J connectivity index is 2.16. The summed E-state index contributed by atoms with van der Waals surface area (Å²) < 4.78 is 1.42. The monoisotopic (exact) mass is 306 g/mol. The van der Waals surface area contributed by atoms with Crippen molar-refractivity contribution in [2.24, 2.45) is 0 Å². The number of hydrogen-bond acceptors (Lipinski definition) is 4. The lowest BCUT2D eigenvalue weighted by Crippen LogP contribution is -2.48. The third kappa shape index (κ3) is 3.40. The van der Waals surface area contributed by atoms with Gasteiger partial charge in [0.25, 0.3) is 0 Å². The fraction of sp³-hybridized carbons (Fsp3) is 0.333. The highest BCUT2D eigenvalue weighted by atomic mass is 32.1. The van der Waals surface area contributed by atoms with Gasteiger partial charge in [-0.05, 0) is 19.4 Å². The van der Waals surface area contributed by atoms with Gasteiger partial charge in [0.15, 0.2) is 0 Å². The molecule has 1 atom stereocenters. The van der Waals surface area contributed by atoms with E-state index in [-0.39, 0.29) is 23.9 Å². The number of nitrogens with zero attached hydrogens (tertiary/aromatic N) is 1. The quantitative estimate of drug-likeness (QED) is 0.873. The zero-order chi connectivity index (χ0) is 15.5. The molecule has 2 N–H and O–H groups in total. The van der Waals surface area contributed by atoms with Crippen LogP contribution in [0.1, 0.15) is 18.2 Å². The van der Waals surface area contributed by atoms with Gasteiger partial charge in [0, 0.05) is 11.1 Å². The van der Waals surface area contributed by atoms with Crippen LogP contribution >= 0.6 is 11.3 Å². The van der Waals surface area contributed by atoms with Crippen molar-refractivity contribution in [2.75, 3.05) is 6.61 Å². The van der Waals surface area contributed by atoms with Crippen LogP contribution in [0.25, 0.3) is 0 Å². The lowest BCUT2D eigenvalue weighted by Gasteiger charge is -2.29. The Morgan fingerprint density at radius 2 is 2.05 bits per heavy atom. The van der Waals surface area contributed by atoms with Crippen LogP contribution in [0.3, 0.4) is 0 Å². The van der Waals surface area contributed by atoms with Gasteiger partial charge >= 0.3 is 4.87 Å². The molecule has 1 aromatic carbocycles. The first-order chi connectivity index (χ1) is 9.96. The first-order valence-corrected chi connectivity index (χ1v) is 7.46. The van der Waals surface area contributed by atoms with Gasteiger partial charge < -0.3 is 10.4 Å². The Hall–Kier alpha value is -1.92. The number of aliphatic hydroxyl groups is 1. The SMILES string of the molecule is Cc1csc(=O)n1CC(=O)NC(C)(CO)c1ccccc1. The van der Waals surface area contributed by atoms with Gasteiger partial charge in [0.1, 0.15) is 6.54 Å². The molecule has 0 bridgehead atoms. The minimum atomic E-state index is -0.869. The lowest BCUT2D eigenvalue weighted by atomic mass is 9.93. The number of thiazole rings is 1. The molecule has 0 aliphatic rings. The Morgan fingerprint density at radius 1 is 1.38 bits per heavy atom. The number of rotatable bonds is 5. The molecule has 1 amide bonds. The van der Waals surface area contributed by atoms with Crippen LogP contribution in [0.15, 0.2) is 40.5 Å². The minimum absolute atomic E-state index is 0.0450. The number of benzene rings is 1. The second-order valence-electron chi connectivity index (χ2n) is 5.13. The fourth-order valence-electron chi connectivity index (χ4n) is 2.10. The molecule has 2 rings (SSSR count). The minimum Gasteiger partial charge on any atom is -0.394 e. The Labute approximate surface area is 126 Å². The van der Waals surface area contributed by atoms with Crippen molar-refractivity contribution >= 4 is 17.2 Å². The van der Waals surface area contributed by atoms with Crippen LogP contribution in [0.2, 0.25) is 0 Å². The molecule has 112 valence electrons. The summed E-state index contributed by atoms with van der Waals surface area (Å²) in [6.45, 7) is 3.27. The third-order valence-corrected chi connectivity index (χ3v) is 4.30. The zero-order valence-corrected chi connectivity index (χ0v) is 12.8. The second-order valence-corrected chi connectivity index (χ2v) is 5.95. The summed E-state index contributed by atoms with van der Waals surface area (Å²) in [4.78, 5) is 23.7. The van der Waals surface area contributed by atoms with Crippen LogP contribution in [0.4, 0.5) is 0 Å². The standard InChI is InChI=1S/C15H18N2O3S/c1-11-9-21-14(20)17(11)8-13(19)16-15(2,10-18)12-6-4-3-5-7-12/h3-7,9,18H,8,10H2,1-2H3,(H,16,19). The Kier molecular flexibility index (Phi) is 4.59. The number of carbonyl (C=O) groups excluding carboxylic acids is 1. The number of aliphatic hydroxyl groups excluding tert-OH is 1. The first-order valence-electron chi connectivity index (χ1n) is 6.58. The molecule has 0 aliphatic heterocycles. The molecule has 2 aromatic rings. The van der Waals surface area contributed by atoms with Crippen LogP contribution < -0.4 is 10.2 Å². The van der Waals surface area contributed by atoms with Crippen molar-refractivity contribution in [3.05, 3.63) is 56.6 Å². The average Bonchev–Trinajstić information content (AvgIpc) is 2.80. The molecule has 0 radical (unpaired) electrons. The van der Waals surface area contributed by atoms with E-state index in [0.29, 0.717) is 0 Å². The maximum absolute atomic E-state index is 12.2. The van der Waals surface area contributed by atoms with Crippen molar-refractivity contribution in [3.63, 3.8) is 0 Å². The molecule has 0 saturated heterocycles. The van der Waals surface area contributed by atoms with E-state index < -0.39 is 5.54 Å². The lowest BCUT2D eigenvalue weighted by molar-refractivity contribution is -0.124. The van der Waals surface area contributed by atoms with Gasteiger partial charge in [-0.25, -0.2) is 0 Å². The van der Waals surface area contributed by atoms with Crippen LogP contribution in [0, 0.1) is 6.92 Å². The second kappa shape index (κ2) is 6.24. The van der Waals surface area contributed by atoms with E-state index >= 15 is 0 Å². The van der Waals surface area contributed by atoms with Crippen molar-refractivity contribution in [1.82, 2.24) is 9.88 Å². The number of hydrogen-bond donors (Lipinski definition) is 2. The Bertz CT molecular complexity index is 678. The highest BCUT2D eigenvalue weighted by molar-refractivity contribution is 7.07. The molecule has 5 nitrogen and oxygen atoms in total. The number of aromatic nitrogens is 1. The predicted octanol–water partition coefficient (Wildman–Crippen LogP) is 1.24. The van der Waals surface area contributed by atoms with Crippen molar-refractivity contribution < 1.29 is 9.90 Å². The molecule has 21 heavy (non-hydrogen) atoms. The summed E-state index contributed by atoms with van der Waals surface area (Å²) in [5, 5.41) is 14.2. The van der Waals surface area contributed by atoms with E-state index in [4.69, 9.17) is 0 Å². The predicted molar refractivity (Wildman–Crippen MR) is 82.3 cm³/mol. The molecule has 1 heterocycles. The fourth-order valence-corrected chi connectivity index (χ4v) is 2.83. The van der Waals surface area contributed by atoms with E-state index in [0.717, 1.165) is 22.6 Å². The number of carbonyl (C=O) groups is 1. The van der Waals surface area contributed by atoms with Gasteiger partial charge in [0.05, 0.1) is 12.1 Å². The van der Waals surface area contributed by atoms with Crippen LogP contribution in [-0.2, 0) is 16.9 Å². The molecular formula is C15H18N2O3S. The van der Waals surface area contributed by atoms with E-state index in [1.165, 1.54) is 4.57 Å². The largest absolute Gasteiger partial charge is 0.394 e. The normalized spacial score (nSPS) is 13.7. The van der Waals surface area contributed by atoms with Crippen LogP contribution in [0.5, 0.6) is 0 Å². The van der Waals surface area contributed by atoms with Gasteiger partial charge in [-0.15, -0.1) is 0 Å². The first kappa shape index (κ1) is 15.5. The molecular weight excluding hydrogens is 288 g/mol. The maximum Gasteiger partial charge on any atom is 0.307 e. The summed E-state index contributed by atoms with van der Waals surface area (Å²) in [7, 11) is 0. The molecule has 6 heteroatoms. The number of nitrogens with one attached hydrogen (secondary N) is 1. The average molecular weight is 306 g/mol. The molecule has 0 aliphatic carbocycles. The molecule has 0 fully saturated rings. The van der Waals surface area contributed by atoms with Crippen molar-refractivity contribution in [2.45, 2.75) is 25.9 Å². The molecule has 1 unspecified atom stereocenters. The van der Waals surface area contributed by atoms with E-state index in [9.17, 15) is 14.7 Å². The molecule has 0 saturated carbocycles. The third-order valence-electron chi connectivity index (χ3n) is 3.42. The summed E-state index contributed by atoms with van der Waals surface area (Å²) in [6, 6.07) is 9.26.